The van der Waals surface area contributed by atoms with E-state index in [-0.39, 0.29) is 16.9 Å². The van der Waals surface area contributed by atoms with E-state index in [1.165, 1.54) is 34.1 Å². The van der Waals surface area contributed by atoms with E-state index in [0.717, 1.165) is 22.6 Å². The molecule has 1 aromatic heterocycles. The molecule has 2 heterocycles. The van der Waals surface area contributed by atoms with E-state index in [1.807, 2.05) is 19.9 Å². The summed E-state index contributed by atoms with van der Waals surface area (Å²) in [4.78, 5) is 13.0. The van der Waals surface area contributed by atoms with Gasteiger partial charge >= 0.3 is 0 Å². The van der Waals surface area contributed by atoms with Gasteiger partial charge in [0.05, 0.1) is 11.1 Å². The Kier molecular flexibility index (Phi) is 7.65. The summed E-state index contributed by atoms with van der Waals surface area (Å²) in [6, 6.07) is 15.7. The van der Waals surface area contributed by atoms with E-state index < -0.39 is 22.0 Å². The molecule has 9 heteroatoms. The topological polar surface area (TPSA) is 83.8 Å². The Hall–Kier alpha value is -2.94. The van der Waals surface area contributed by atoms with Crippen molar-refractivity contribution in [2.24, 2.45) is 5.10 Å². The van der Waals surface area contributed by atoms with Crippen LogP contribution in [0.2, 0.25) is 5.02 Å². The lowest BCUT2D eigenvalue weighted by Gasteiger charge is -2.22. The van der Waals surface area contributed by atoms with Crippen molar-refractivity contribution < 1.29 is 13.2 Å². The number of aromatic nitrogens is 1. The maximum absolute atomic E-state index is 13.1. The summed E-state index contributed by atoms with van der Waals surface area (Å²) in [5.74, 6) is -0.446. The van der Waals surface area contributed by atoms with Gasteiger partial charge in [0, 0.05) is 34.2 Å². The van der Waals surface area contributed by atoms with Crippen LogP contribution in [-0.4, -0.2) is 42.0 Å². The molecule has 1 atom stereocenters. The van der Waals surface area contributed by atoms with Gasteiger partial charge in [-0.3, -0.25) is 4.79 Å². The first-order valence-corrected chi connectivity index (χ1v) is 14.1. The van der Waals surface area contributed by atoms with Gasteiger partial charge in [-0.1, -0.05) is 44.5 Å². The van der Waals surface area contributed by atoms with Crippen LogP contribution in [0.15, 0.2) is 64.6 Å². The van der Waals surface area contributed by atoms with Crippen LogP contribution >= 0.6 is 11.6 Å². The summed E-state index contributed by atoms with van der Waals surface area (Å²) in [7, 11) is -3.82. The van der Waals surface area contributed by atoms with Gasteiger partial charge in [-0.15, -0.1) is 0 Å². The normalized spacial score (nSPS) is 17.0. The van der Waals surface area contributed by atoms with Gasteiger partial charge in [0.25, 0.3) is 5.91 Å². The molecule has 4 rings (SSSR count). The Balaban J connectivity index is 1.48. The number of nitrogens with zero attached hydrogens (tertiary/aromatic N) is 3. The predicted octanol–water partition coefficient (Wildman–Crippen LogP) is 5.35. The minimum Gasteiger partial charge on any atom is -0.318 e. The van der Waals surface area contributed by atoms with Crippen molar-refractivity contribution in [3.8, 4) is 5.69 Å². The minimum atomic E-state index is -3.82. The molecule has 2 aromatic carbocycles. The van der Waals surface area contributed by atoms with Crippen molar-refractivity contribution in [1.82, 2.24) is 14.3 Å². The van der Waals surface area contributed by atoms with Crippen LogP contribution in [0, 0.1) is 13.8 Å². The average Bonchev–Trinajstić information content (AvgIpc) is 3.44. The second kappa shape index (κ2) is 10.4. The molecule has 0 spiro atoms. The largest absolute Gasteiger partial charge is 0.318 e. The Morgan fingerprint density at radius 2 is 1.73 bits per heavy atom. The van der Waals surface area contributed by atoms with Gasteiger partial charge in [-0.05, 0) is 80.1 Å². The van der Waals surface area contributed by atoms with Crippen molar-refractivity contribution in [3.05, 3.63) is 82.1 Å². The number of hydrogen-bond donors (Lipinski definition) is 1. The number of nitrogens with one attached hydrogen (secondary N) is 1. The van der Waals surface area contributed by atoms with Gasteiger partial charge in [-0.2, -0.15) is 9.41 Å². The minimum absolute atomic E-state index is 0.0817. The molecule has 3 aromatic rings. The predicted molar refractivity (Wildman–Crippen MR) is 148 cm³/mol. The second-order valence-corrected chi connectivity index (χ2v) is 12.7. The van der Waals surface area contributed by atoms with Gasteiger partial charge < -0.3 is 4.57 Å². The zero-order chi connectivity index (χ0) is 27.0. The van der Waals surface area contributed by atoms with Crippen molar-refractivity contribution in [3.63, 3.8) is 0 Å². The zero-order valence-electron chi connectivity index (χ0n) is 21.8. The Bertz CT molecular complexity index is 1420. The first-order valence-electron chi connectivity index (χ1n) is 12.3. The molecule has 1 N–H and O–H groups in total. The zero-order valence-corrected chi connectivity index (χ0v) is 23.4. The molecule has 1 saturated heterocycles. The van der Waals surface area contributed by atoms with E-state index in [4.69, 9.17) is 11.6 Å². The SMILES string of the molecule is Cc1cc(/C=N\NC(=O)[C@H]2CCCN2S(=O)(=O)c2ccc(Cl)cc2)c(C)n1-c1ccc(C(C)(C)C)cc1. The third kappa shape index (κ3) is 5.66. The molecular weight excluding hydrogens is 508 g/mol. The fraction of sp³-hybridized carbons (Fsp3) is 0.357. The molecule has 0 aliphatic carbocycles. The maximum Gasteiger partial charge on any atom is 0.258 e. The molecule has 0 saturated carbocycles. The summed E-state index contributed by atoms with van der Waals surface area (Å²) in [5.41, 5.74) is 7.86. The number of benzene rings is 2. The second-order valence-electron chi connectivity index (χ2n) is 10.4. The smallest absolute Gasteiger partial charge is 0.258 e. The Morgan fingerprint density at radius 3 is 2.35 bits per heavy atom. The Morgan fingerprint density at radius 1 is 1.08 bits per heavy atom. The molecule has 1 aliphatic heterocycles. The number of sulfonamides is 1. The maximum atomic E-state index is 13.1. The molecule has 1 fully saturated rings. The third-order valence-corrected chi connectivity index (χ3v) is 8.94. The molecule has 0 unspecified atom stereocenters. The molecule has 7 nitrogen and oxygen atoms in total. The average molecular weight is 541 g/mol. The van der Waals surface area contributed by atoms with E-state index in [1.54, 1.807) is 6.21 Å². The van der Waals surface area contributed by atoms with Crippen molar-refractivity contribution in [1.29, 1.82) is 0 Å². The molecule has 37 heavy (non-hydrogen) atoms. The van der Waals surface area contributed by atoms with E-state index in [9.17, 15) is 13.2 Å². The van der Waals surface area contributed by atoms with Crippen LogP contribution in [0.3, 0.4) is 0 Å². The van der Waals surface area contributed by atoms with Crippen LogP contribution in [0.1, 0.15) is 56.1 Å². The number of aryl methyl sites for hydroxylation is 1. The molecule has 0 radical (unpaired) electrons. The lowest BCUT2D eigenvalue weighted by molar-refractivity contribution is -0.124. The van der Waals surface area contributed by atoms with Crippen LogP contribution < -0.4 is 5.43 Å². The van der Waals surface area contributed by atoms with Gasteiger partial charge in [0.2, 0.25) is 10.0 Å². The lowest BCUT2D eigenvalue weighted by Crippen LogP contribution is -2.44. The highest BCUT2D eigenvalue weighted by molar-refractivity contribution is 7.89. The third-order valence-electron chi connectivity index (χ3n) is 6.77. The number of hydrogen-bond acceptors (Lipinski definition) is 4. The molecule has 1 aliphatic rings. The number of amides is 1. The molecule has 1 amide bonds. The van der Waals surface area contributed by atoms with E-state index in [2.05, 4.69) is 60.1 Å². The highest BCUT2D eigenvalue weighted by Gasteiger charge is 2.39. The monoisotopic (exact) mass is 540 g/mol. The molecular formula is C28H33ClN4O3S. The number of hydrazone groups is 1. The first kappa shape index (κ1) is 27.1. The summed E-state index contributed by atoms with van der Waals surface area (Å²) < 4.78 is 29.6. The van der Waals surface area contributed by atoms with Gasteiger partial charge in [0.15, 0.2) is 0 Å². The van der Waals surface area contributed by atoms with Crippen LogP contribution in [0.5, 0.6) is 0 Å². The van der Waals surface area contributed by atoms with E-state index in [0.29, 0.717) is 17.9 Å². The van der Waals surface area contributed by atoms with E-state index >= 15 is 0 Å². The fourth-order valence-electron chi connectivity index (χ4n) is 4.70. The van der Waals surface area contributed by atoms with Crippen LogP contribution in [0.25, 0.3) is 5.69 Å². The van der Waals surface area contributed by atoms with Crippen molar-refractivity contribution >= 4 is 33.7 Å². The Labute approximate surface area is 224 Å². The number of carbonyl (C=O) groups excluding carboxylic acids is 1. The lowest BCUT2D eigenvalue weighted by atomic mass is 9.87. The number of halogens is 1. The summed E-state index contributed by atoms with van der Waals surface area (Å²) in [6.07, 6.45) is 2.64. The van der Waals surface area contributed by atoms with Crippen LogP contribution in [0.4, 0.5) is 0 Å². The highest BCUT2D eigenvalue weighted by Crippen LogP contribution is 2.28. The van der Waals surface area contributed by atoms with Crippen molar-refractivity contribution in [2.75, 3.05) is 6.54 Å². The van der Waals surface area contributed by atoms with Crippen LogP contribution in [-0.2, 0) is 20.2 Å². The quantitative estimate of drug-likeness (QED) is 0.338. The summed E-state index contributed by atoms with van der Waals surface area (Å²) >= 11 is 5.90. The molecule has 196 valence electrons. The summed E-state index contributed by atoms with van der Waals surface area (Å²) in [6.45, 7) is 10.9. The van der Waals surface area contributed by atoms with Gasteiger partial charge in [-0.25, -0.2) is 13.8 Å². The summed E-state index contributed by atoms with van der Waals surface area (Å²) in [5, 5.41) is 4.61. The number of rotatable bonds is 6. The first-order chi connectivity index (χ1) is 17.4. The molecule has 0 bridgehead atoms. The van der Waals surface area contributed by atoms with Gasteiger partial charge in [0.1, 0.15) is 6.04 Å². The standard InChI is InChI=1S/C28H33ClN4O3S/c1-19-17-21(20(2)33(19)24-12-8-22(9-13-24)28(3,4)5)18-30-31-27(34)26-7-6-16-32(26)37(35,36)25-14-10-23(29)11-15-25/h8-15,17-18,26H,6-7,16H2,1-5H3,(H,31,34)/b30-18-/t26-/m1/s1. The van der Waals surface area contributed by atoms with Crippen molar-refractivity contribution in [2.45, 2.75) is 63.8 Å². The fourth-order valence-corrected chi connectivity index (χ4v) is 6.48. The number of carbonyl (C=O) groups is 1. The highest BCUT2D eigenvalue weighted by atomic mass is 35.5.